The van der Waals surface area contributed by atoms with Crippen LogP contribution in [0.15, 0.2) is 24.2 Å². The first-order valence-electron chi connectivity index (χ1n) is 3.43. The number of nitrogens with zero attached hydrogens (tertiary/aromatic N) is 1. The molecule has 0 amide bonds. The van der Waals surface area contributed by atoms with Crippen molar-refractivity contribution in [1.29, 1.82) is 0 Å². The maximum absolute atomic E-state index is 10.2. The molecule has 3 nitrogen and oxygen atoms in total. The van der Waals surface area contributed by atoms with Gasteiger partial charge in [-0.25, -0.2) is 0 Å². The van der Waals surface area contributed by atoms with Gasteiger partial charge in [-0.1, -0.05) is 11.6 Å². The van der Waals surface area contributed by atoms with Gasteiger partial charge in [0.15, 0.2) is 0 Å². The summed E-state index contributed by atoms with van der Waals surface area (Å²) in [7, 11) is 0. The molecule has 0 saturated carbocycles. The number of nitro benzene ring substituents is 1. The van der Waals surface area contributed by atoms with Gasteiger partial charge in [-0.05, 0) is 12.1 Å². The lowest BCUT2D eigenvalue weighted by molar-refractivity contribution is -0.384. The van der Waals surface area contributed by atoms with Gasteiger partial charge in [0.2, 0.25) is 0 Å². The summed E-state index contributed by atoms with van der Waals surface area (Å²) in [6.45, 7) is 0. The van der Waals surface area contributed by atoms with E-state index in [0.29, 0.717) is 0 Å². The van der Waals surface area contributed by atoms with Crippen LogP contribution in [0.1, 0.15) is 2.74 Å². The van der Waals surface area contributed by atoms with E-state index in [1.54, 1.807) is 0 Å². The second kappa shape index (κ2) is 2.66. The van der Waals surface area contributed by atoms with Gasteiger partial charge in [0.25, 0.3) is 5.69 Å². The Bertz CT molecular complexity index is 319. The van der Waals surface area contributed by atoms with Gasteiger partial charge in [0, 0.05) is 17.2 Å². The molecule has 0 aliphatic rings. The van der Waals surface area contributed by atoms with Crippen molar-refractivity contribution in [3.63, 3.8) is 0 Å². The molecule has 0 N–H and O–H groups in total. The zero-order valence-electron chi connectivity index (χ0n) is 6.80. The summed E-state index contributed by atoms with van der Waals surface area (Å²) < 4.78 is 14.3. The van der Waals surface area contributed by atoms with Crippen molar-refractivity contribution in [3.8, 4) is 0 Å². The lowest BCUT2D eigenvalue weighted by Crippen LogP contribution is -1.85. The molecule has 1 aromatic carbocycles. The normalized spacial score (nSPS) is 12.1. The summed E-state index contributed by atoms with van der Waals surface area (Å²) in [5.41, 5.74) is -0.283. The van der Waals surface area contributed by atoms with Crippen LogP contribution in [-0.2, 0) is 0 Å². The number of nitro groups is 1. The Hall–Kier alpha value is -1.09. The Morgan fingerprint density at radius 1 is 1.60 bits per heavy atom. The fourth-order valence-electron chi connectivity index (χ4n) is 0.463. The van der Waals surface area contributed by atoms with Gasteiger partial charge in [-0.2, -0.15) is 0 Å². The predicted molar refractivity (Wildman–Crippen MR) is 38.1 cm³/mol. The molecule has 1 aromatic rings. The van der Waals surface area contributed by atoms with Crippen molar-refractivity contribution in [3.05, 3.63) is 39.4 Å². The molecule has 0 fully saturated rings. The van der Waals surface area contributed by atoms with E-state index in [0.717, 1.165) is 12.1 Å². The third-order valence-corrected chi connectivity index (χ3v) is 1.12. The van der Waals surface area contributed by atoms with E-state index in [4.69, 9.17) is 14.3 Å². The average molecular weight is 160 g/mol. The first-order chi connectivity index (χ1) is 5.52. The molecule has 4 heteroatoms. The summed E-state index contributed by atoms with van der Waals surface area (Å²) in [5.74, 6) is 0. The number of hydrogen-bond donors (Lipinski definition) is 0. The van der Waals surface area contributed by atoms with E-state index in [9.17, 15) is 10.1 Å². The van der Waals surface area contributed by atoms with Crippen molar-refractivity contribution in [2.24, 2.45) is 0 Å². The Balaban J connectivity index is 3.31. The number of halogens is 1. The molecule has 0 saturated heterocycles. The van der Waals surface area contributed by atoms with Gasteiger partial charge < -0.3 is 0 Å². The molecule has 0 heterocycles. The summed E-state index contributed by atoms with van der Waals surface area (Å²) in [6, 6.07) is 1.63. The summed E-state index contributed by atoms with van der Waals surface area (Å²) in [4.78, 5) is 9.55. The highest BCUT2D eigenvalue weighted by Gasteiger charge is 2.01. The van der Waals surface area contributed by atoms with E-state index >= 15 is 0 Å². The zero-order valence-corrected chi connectivity index (χ0v) is 5.55. The molecule has 0 bridgehead atoms. The molecule has 0 atom stereocenters. The Kier molecular flexibility index (Phi) is 1.25. The van der Waals surface area contributed by atoms with E-state index in [1.165, 1.54) is 0 Å². The molecule has 0 radical (unpaired) electrons. The van der Waals surface area contributed by atoms with Crippen molar-refractivity contribution in [1.82, 2.24) is 0 Å². The van der Waals surface area contributed by atoms with Crippen LogP contribution in [0.2, 0.25) is 5.02 Å². The monoisotopic (exact) mass is 159 g/mol. The second-order valence-corrected chi connectivity index (χ2v) is 1.95. The van der Waals surface area contributed by atoms with Crippen LogP contribution in [0.25, 0.3) is 0 Å². The summed E-state index contributed by atoms with van der Waals surface area (Å²) >= 11 is 5.46. The van der Waals surface area contributed by atoms with Gasteiger partial charge in [-0.15, -0.1) is 0 Å². The SMILES string of the molecule is [2H]c1cc([N+](=O)[O-])cc([2H])c1Cl. The number of benzene rings is 1. The van der Waals surface area contributed by atoms with Crippen molar-refractivity contribution >= 4 is 17.3 Å². The molecule has 0 aliphatic carbocycles. The Morgan fingerprint density at radius 3 is 2.50 bits per heavy atom. The van der Waals surface area contributed by atoms with Crippen molar-refractivity contribution < 1.29 is 7.66 Å². The van der Waals surface area contributed by atoms with Crippen LogP contribution in [-0.4, -0.2) is 4.92 Å². The third kappa shape index (κ3) is 1.45. The van der Waals surface area contributed by atoms with Crippen LogP contribution < -0.4 is 0 Å². The minimum atomic E-state index is -0.660. The minimum Gasteiger partial charge on any atom is -0.258 e. The maximum atomic E-state index is 10.2. The average Bonchev–Trinajstić information content (AvgIpc) is 1.99. The van der Waals surface area contributed by atoms with Crippen LogP contribution in [0, 0.1) is 10.1 Å². The first kappa shape index (κ1) is 4.68. The fourth-order valence-corrected chi connectivity index (χ4v) is 0.572. The molecule has 0 unspecified atom stereocenters. The lowest BCUT2D eigenvalue weighted by atomic mass is 10.3. The van der Waals surface area contributed by atoms with Crippen LogP contribution in [0.4, 0.5) is 5.69 Å². The largest absolute Gasteiger partial charge is 0.269 e. The lowest BCUT2D eigenvalue weighted by Gasteiger charge is -1.88. The molecule has 52 valence electrons. The molecule has 0 aliphatic heterocycles. The second-order valence-electron chi connectivity index (χ2n) is 1.57. The number of hydrogen-bond acceptors (Lipinski definition) is 2. The Morgan fingerprint density at radius 2 is 2.10 bits per heavy atom. The highest BCUT2D eigenvalue weighted by Crippen LogP contribution is 2.14. The van der Waals surface area contributed by atoms with Crippen LogP contribution >= 0.6 is 11.6 Å². The quantitative estimate of drug-likeness (QED) is 0.466. The van der Waals surface area contributed by atoms with Crippen LogP contribution in [0.3, 0.4) is 0 Å². The van der Waals surface area contributed by atoms with E-state index in [1.807, 2.05) is 0 Å². The third-order valence-electron chi connectivity index (χ3n) is 0.904. The minimum absolute atomic E-state index is 0.0689. The molecular weight excluding hydrogens is 154 g/mol. The maximum Gasteiger partial charge on any atom is 0.269 e. The fraction of sp³-hybridized carbons (Fsp3) is 0. The summed E-state index contributed by atoms with van der Waals surface area (Å²) in [6.07, 6.45) is 0. The summed E-state index contributed by atoms with van der Waals surface area (Å²) in [5, 5.41) is 10.1. The smallest absolute Gasteiger partial charge is 0.258 e. The zero-order chi connectivity index (χ0) is 9.30. The topological polar surface area (TPSA) is 43.1 Å². The van der Waals surface area contributed by atoms with Crippen LogP contribution in [0.5, 0.6) is 0 Å². The predicted octanol–water partition coefficient (Wildman–Crippen LogP) is 2.25. The molecule has 10 heavy (non-hydrogen) atoms. The van der Waals surface area contributed by atoms with E-state index < -0.39 is 4.92 Å². The molecule has 1 rings (SSSR count). The number of rotatable bonds is 1. The van der Waals surface area contributed by atoms with Crippen molar-refractivity contribution in [2.45, 2.75) is 0 Å². The van der Waals surface area contributed by atoms with Crippen molar-refractivity contribution in [2.75, 3.05) is 0 Å². The van der Waals surface area contributed by atoms with E-state index in [2.05, 4.69) is 0 Å². The molecular formula is C6H4ClNO2. The molecule has 0 spiro atoms. The van der Waals surface area contributed by atoms with Gasteiger partial charge in [0.05, 0.1) is 7.66 Å². The molecule has 0 aromatic heterocycles. The van der Waals surface area contributed by atoms with Gasteiger partial charge in [-0.3, -0.25) is 10.1 Å². The standard InChI is InChI=1S/C6H4ClNO2/c7-5-1-3-6(4-2-5)8(9)10/h1-4H/i1D,2D. The highest BCUT2D eigenvalue weighted by atomic mass is 35.5. The number of non-ortho nitro benzene ring substituents is 1. The van der Waals surface area contributed by atoms with Gasteiger partial charge >= 0.3 is 0 Å². The van der Waals surface area contributed by atoms with E-state index in [-0.39, 0.29) is 22.8 Å². The Labute approximate surface area is 65.2 Å². The highest BCUT2D eigenvalue weighted by molar-refractivity contribution is 6.30. The first-order valence-corrected chi connectivity index (χ1v) is 2.81. The van der Waals surface area contributed by atoms with Gasteiger partial charge in [0.1, 0.15) is 0 Å².